The third kappa shape index (κ3) is 1.70. The lowest BCUT2D eigenvalue weighted by molar-refractivity contribution is 0.701. The molecule has 0 unspecified atom stereocenters. The van der Waals surface area contributed by atoms with Crippen molar-refractivity contribution in [3.8, 4) is 0 Å². The van der Waals surface area contributed by atoms with Gasteiger partial charge in [0.05, 0.1) is 12.2 Å². The highest BCUT2D eigenvalue weighted by molar-refractivity contribution is 7.07. The van der Waals surface area contributed by atoms with E-state index in [2.05, 4.69) is 5.10 Å². The molecule has 0 bridgehead atoms. The summed E-state index contributed by atoms with van der Waals surface area (Å²) in [5, 5.41) is 5.97. The third-order valence-electron chi connectivity index (χ3n) is 1.75. The number of thiazole rings is 1. The van der Waals surface area contributed by atoms with E-state index in [4.69, 9.17) is 0 Å². The van der Waals surface area contributed by atoms with Crippen LogP contribution in [0, 0.1) is 0 Å². The van der Waals surface area contributed by atoms with Crippen molar-refractivity contribution in [2.75, 3.05) is 0 Å². The van der Waals surface area contributed by atoms with E-state index < -0.39 is 0 Å². The third-order valence-corrected chi connectivity index (χ3v) is 2.44. The number of aromatic nitrogens is 3. The summed E-state index contributed by atoms with van der Waals surface area (Å²) in [6.45, 7) is 0.559. The van der Waals surface area contributed by atoms with Gasteiger partial charge in [0.2, 0.25) is 0 Å². The molecule has 0 N–H and O–H groups in total. The normalized spacial score (nSPS) is 10.5. The minimum Gasteiger partial charge on any atom is -0.300 e. The Morgan fingerprint density at radius 3 is 2.92 bits per heavy atom. The van der Waals surface area contributed by atoms with Crippen molar-refractivity contribution in [3.05, 3.63) is 39.2 Å². The molecule has 0 atom stereocenters. The molecule has 0 aromatic carbocycles. The van der Waals surface area contributed by atoms with Gasteiger partial charge >= 0.3 is 4.87 Å². The molecular weight excluding hydrogens is 186 g/mol. The molecule has 4 nitrogen and oxygen atoms in total. The fourth-order valence-electron chi connectivity index (χ4n) is 1.13. The van der Waals surface area contributed by atoms with Gasteiger partial charge in [-0.2, -0.15) is 5.10 Å². The second-order valence-electron chi connectivity index (χ2n) is 2.78. The van der Waals surface area contributed by atoms with Crippen molar-refractivity contribution in [3.63, 3.8) is 0 Å². The zero-order valence-corrected chi connectivity index (χ0v) is 7.99. The monoisotopic (exact) mass is 195 g/mol. The van der Waals surface area contributed by atoms with E-state index in [1.807, 2.05) is 19.3 Å². The van der Waals surface area contributed by atoms with E-state index in [-0.39, 0.29) is 4.87 Å². The Bertz CT molecular complexity index is 454. The predicted octanol–water partition coefficient (Wildman–Crippen LogP) is 0.692. The van der Waals surface area contributed by atoms with Gasteiger partial charge in [0.25, 0.3) is 0 Å². The van der Waals surface area contributed by atoms with Crippen LogP contribution in [0.25, 0.3) is 0 Å². The van der Waals surface area contributed by atoms with Crippen LogP contribution in [0.3, 0.4) is 0 Å². The minimum absolute atomic E-state index is 0.0608. The molecule has 0 radical (unpaired) electrons. The summed E-state index contributed by atoms with van der Waals surface area (Å²) >= 11 is 1.20. The summed E-state index contributed by atoms with van der Waals surface area (Å²) in [5.74, 6) is 0. The van der Waals surface area contributed by atoms with Crippen LogP contribution in [-0.2, 0) is 13.6 Å². The first-order valence-electron chi connectivity index (χ1n) is 3.88. The van der Waals surface area contributed by atoms with Gasteiger partial charge in [-0.1, -0.05) is 11.3 Å². The van der Waals surface area contributed by atoms with E-state index in [0.717, 1.165) is 5.69 Å². The molecule has 0 saturated heterocycles. The standard InChI is InChI=1S/C8H9N3OS/c1-10-3-2-7(9-10)6-11-4-5-13-8(11)12/h2-5H,6H2,1H3. The summed E-state index contributed by atoms with van der Waals surface area (Å²) in [6, 6.07) is 1.91. The number of aryl methyl sites for hydroxylation is 1. The van der Waals surface area contributed by atoms with Gasteiger partial charge in [-0.05, 0) is 6.07 Å². The Balaban J connectivity index is 2.24. The molecule has 2 aromatic rings. The zero-order chi connectivity index (χ0) is 9.26. The SMILES string of the molecule is Cn1ccc(Cn2ccsc2=O)n1. The van der Waals surface area contributed by atoms with Crippen LogP contribution >= 0.6 is 11.3 Å². The van der Waals surface area contributed by atoms with Crippen LogP contribution in [0.2, 0.25) is 0 Å². The Labute approximate surface area is 79.1 Å². The second-order valence-corrected chi connectivity index (χ2v) is 3.63. The molecule has 0 aliphatic carbocycles. The van der Waals surface area contributed by atoms with Gasteiger partial charge in [0.15, 0.2) is 0 Å². The second kappa shape index (κ2) is 3.18. The Morgan fingerprint density at radius 2 is 2.38 bits per heavy atom. The quantitative estimate of drug-likeness (QED) is 0.707. The van der Waals surface area contributed by atoms with Crippen LogP contribution in [0.5, 0.6) is 0 Å². The average Bonchev–Trinajstić information content (AvgIpc) is 2.64. The van der Waals surface area contributed by atoms with Crippen molar-refractivity contribution in [1.29, 1.82) is 0 Å². The maximum atomic E-state index is 11.2. The van der Waals surface area contributed by atoms with Crippen LogP contribution in [-0.4, -0.2) is 14.3 Å². The van der Waals surface area contributed by atoms with Gasteiger partial charge < -0.3 is 0 Å². The van der Waals surface area contributed by atoms with Gasteiger partial charge in [-0.3, -0.25) is 14.0 Å². The molecule has 13 heavy (non-hydrogen) atoms. The molecule has 0 fully saturated rings. The molecule has 0 aliphatic heterocycles. The number of hydrogen-bond acceptors (Lipinski definition) is 3. The maximum Gasteiger partial charge on any atom is 0.307 e. The summed E-state index contributed by atoms with van der Waals surface area (Å²) < 4.78 is 3.37. The van der Waals surface area contributed by atoms with Crippen molar-refractivity contribution >= 4 is 11.3 Å². The summed E-state index contributed by atoms with van der Waals surface area (Å²) in [4.78, 5) is 11.2. The molecule has 2 rings (SSSR count). The first kappa shape index (κ1) is 8.25. The lowest BCUT2D eigenvalue weighted by atomic mass is 10.4. The Morgan fingerprint density at radius 1 is 1.54 bits per heavy atom. The molecule has 0 aliphatic rings. The van der Waals surface area contributed by atoms with E-state index in [9.17, 15) is 4.79 Å². The molecule has 5 heteroatoms. The highest BCUT2D eigenvalue weighted by Crippen LogP contribution is 1.98. The van der Waals surface area contributed by atoms with E-state index in [0.29, 0.717) is 6.54 Å². The molecule has 2 heterocycles. The number of nitrogens with zero attached hydrogens (tertiary/aromatic N) is 3. The van der Waals surface area contributed by atoms with Gasteiger partial charge in [-0.15, -0.1) is 0 Å². The molecular formula is C8H9N3OS. The fraction of sp³-hybridized carbons (Fsp3) is 0.250. The molecule has 2 aromatic heterocycles. The van der Waals surface area contributed by atoms with Gasteiger partial charge in [0.1, 0.15) is 0 Å². The molecule has 0 amide bonds. The van der Waals surface area contributed by atoms with Crippen LogP contribution in [0.15, 0.2) is 28.6 Å². The summed E-state index contributed by atoms with van der Waals surface area (Å²) in [7, 11) is 1.86. The molecule has 68 valence electrons. The lowest BCUT2D eigenvalue weighted by Gasteiger charge is -1.95. The van der Waals surface area contributed by atoms with Crippen molar-refractivity contribution in [1.82, 2.24) is 14.3 Å². The fourth-order valence-corrected chi connectivity index (χ4v) is 1.71. The highest BCUT2D eigenvalue weighted by Gasteiger charge is 2.00. The van der Waals surface area contributed by atoms with Crippen molar-refractivity contribution in [2.24, 2.45) is 7.05 Å². The lowest BCUT2D eigenvalue weighted by Crippen LogP contribution is -2.12. The van der Waals surface area contributed by atoms with E-state index in [1.165, 1.54) is 11.3 Å². The average molecular weight is 195 g/mol. The number of hydrogen-bond donors (Lipinski definition) is 0. The van der Waals surface area contributed by atoms with E-state index >= 15 is 0 Å². The van der Waals surface area contributed by atoms with Crippen LogP contribution in [0.4, 0.5) is 0 Å². The minimum atomic E-state index is 0.0608. The van der Waals surface area contributed by atoms with Crippen molar-refractivity contribution in [2.45, 2.75) is 6.54 Å². The Hall–Kier alpha value is -1.36. The van der Waals surface area contributed by atoms with Crippen LogP contribution < -0.4 is 4.87 Å². The largest absolute Gasteiger partial charge is 0.307 e. The Kier molecular flexibility index (Phi) is 2.02. The van der Waals surface area contributed by atoms with E-state index in [1.54, 1.807) is 20.8 Å². The maximum absolute atomic E-state index is 11.2. The smallest absolute Gasteiger partial charge is 0.300 e. The summed E-state index contributed by atoms with van der Waals surface area (Å²) in [5.41, 5.74) is 0.906. The topological polar surface area (TPSA) is 39.8 Å². The number of rotatable bonds is 2. The van der Waals surface area contributed by atoms with Gasteiger partial charge in [0, 0.05) is 24.8 Å². The van der Waals surface area contributed by atoms with Gasteiger partial charge in [-0.25, -0.2) is 0 Å². The predicted molar refractivity (Wildman–Crippen MR) is 50.9 cm³/mol. The van der Waals surface area contributed by atoms with Crippen molar-refractivity contribution < 1.29 is 0 Å². The zero-order valence-electron chi connectivity index (χ0n) is 7.17. The first-order valence-corrected chi connectivity index (χ1v) is 4.76. The highest BCUT2D eigenvalue weighted by atomic mass is 32.1. The van der Waals surface area contributed by atoms with Crippen LogP contribution in [0.1, 0.15) is 5.69 Å². The first-order chi connectivity index (χ1) is 6.25. The molecule has 0 saturated carbocycles. The summed E-state index contributed by atoms with van der Waals surface area (Å²) in [6.07, 6.45) is 3.65. The molecule has 0 spiro atoms.